The fourth-order valence-corrected chi connectivity index (χ4v) is 5.03. The van der Waals surface area contributed by atoms with Crippen LogP contribution in [0.25, 0.3) is 5.69 Å². The summed E-state index contributed by atoms with van der Waals surface area (Å²) in [6.07, 6.45) is 4.70. The summed E-state index contributed by atoms with van der Waals surface area (Å²) in [6.45, 7) is 8.35. The van der Waals surface area contributed by atoms with Gasteiger partial charge in [-0.15, -0.1) is 10.2 Å². The predicted molar refractivity (Wildman–Crippen MR) is 131 cm³/mol. The third-order valence-corrected chi connectivity index (χ3v) is 7.28. The molecule has 3 heterocycles. The summed E-state index contributed by atoms with van der Waals surface area (Å²) in [5.74, 6) is 2.62. The van der Waals surface area contributed by atoms with Crippen molar-refractivity contribution >= 4 is 29.4 Å². The highest BCUT2D eigenvalue weighted by molar-refractivity contribution is 7.99. The number of piperidine rings is 1. The van der Waals surface area contributed by atoms with Crippen molar-refractivity contribution < 1.29 is 4.79 Å². The fraction of sp³-hybridized carbons (Fsp3) is 0.500. The van der Waals surface area contributed by atoms with Crippen LogP contribution < -0.4 is 10.2 Å². The van der Waals surface area contributed by atoms with Crippen LogP contribution in [0, 0.1) is 19.8 Å². The second-order valence-corrected chi connectivity index (χ2v) is 10.3. The first-order valence-corrected chi connectivity index (χ1v) is 12.7. The van der Waals surface area contributed by atoms with Crippen molar-refractivity contribution in [2.75, 3.05) is 29.1 Å². The lowest BCUT2D eigenvalue weighted by Gasteiger charge is -2.31. The lowest BCUT2D eigenvalue weighted by Crippen LogP contribution is -2.34. The molecule has 1 aliphatic heterocycles. The van der Waals surface area contributed by atoms with Gasteiger partial charge in [-0.2, -0.15) is 5.10 Å². The van der Waals surface area contributed by atoms with Gasteiger partial charge in [-0.3, -0.25) is 9.36 Å². The van der Waals surface area contributed by atoms with E-state index in [1.54, 1.807) is 4.68 Å². The van der Waals surface area contributed by atoms with E-state index in [9.17, 15) is 4.79 Å². The van der Waals surface area contributed by atoms with E-state index >= 15 is 0 Å². The number of thioether (sulfide) groups is 1. The van der Waals surface area contributed by atoms with Crippen LogP contribution in [0.3, 0.4) is 0 Å². The topological polar surface area (TPSA) is 80.9 Å². The smallest absolute Gasteiger partial charge is 0.236 e. The first-order valence-electron chi connectivity index (χ1n) is 11.7. The third-order valence-electron chi connectivity index (χ3n) is 6.33. The van der Waals surface area contributed by atoms with E-state index in [4.69, 9.17) is 0 Å². The molecule has 33 heavy (non-hydrogen) atoms. The number of benzene rings is 1. The largest absolute Gasteiger partial charge is 0.341 e. The molecule has 1 aliphatic carbocycles. The molecule has 2 aliphatic rings. The molecular weight excluding hydrogens is 434 g/mol. The summed E-state index contributed by atoms with van der Waals surface area (Å²) < 4.78 is 4.04. The molecule has 0 spiro atoms. The summed E-state index contributed by atoms with van der Waals surface area (Å²) in [6, 6.07) is 10.5. The van der Waals surface area contributed by atoms with Crippen LogP contribution in [0.15, 0.2) is 35.5 Å². The van der Waals surface area contributed by atoms with Crippen molar-refractivity contribution in [3.63, 3.8) is 0 Å². The number of aromatic nitrogens is 5. The Labute approximate surface area is 198 Å². The van der Waals surface area contributed by atoms with Crippen LogP contribution in [0.2, 0.25) is 0 Å². The first-order chi connectivity index (χ1) is 16.0. The average Bonchev–Trinajstić information content (AvgIpc) is 3.45. The number of hydrogen-bond acceptors (Lipinski definition) is 6. The maximum absolute atomic E-state index is 12.8. The SMILES string of the molecule is Cc1ccc(-n2nc(C)cc2NC(=O)CSc2nnc(N3CCC(C)CC3)n2C2CC2)cc1. The normalized spacial score (nSPS) is 16.9. The number of aryl methyl sites for hydroxylation is 2. The molecule has 1 saturated heterocycles. The van der Waals surface area contributed by atoms with Gasteiger partial charge in [-0.1, -0.05) is 36.4 Å². The van der Waals surface area contributed by atoms with Gasteiger partial charge < -0.3 is 10.2 Å². The van der Waals surface area contributed by atoms with Gasteiger partial charge in [0, 0.05) is 25.2 Å². The minimum Gasteiger partial charge on any atom is -0.341 e. The molecule has 0 unspecified atom stereocenters. The Kier molecular flexibility index (Phi) is 6.14. The molecular formula is C24H31N7OS. The molecule has 0 radical (unpaired) electrons. The maximum Gasteiger partial charge on any atom is 0.236 e. The van der Waals surface area contributed by atoms with Gasteiger partial charge >= 0.3 is 0 Å². The number of hydrogen-bond donors (Lipinski definition) is 1. The monoisotopic (exact) mass is 465 g/mol. The van der Waals surface area contributed by atoms with Gasteiger partial charge in [0.25, 0.3) is 0 Å². The van der Waals surface area contributed by atoms with E-state index in [1.165, 1.54) is 30.2 Å². The number of carbonyl (C=O) groups is 1. The van der Waals surface area contributed by atoms with E-state index in [0.717, 1.165) is 54.3 Å². The van der Waals surface area contributed by atoms with Crippen LogP contribution in [0.5, 0.6) is 0 Å². The maximum atomic E-state index is 12.8. The number of nitrogens with zero attached hydrogens (tertiary/aromatic N) is 6. The van der Waals surface area contributed by atoms with Crippen LogP contribution in [0.1, 0.15) is 49.9 Å². The molecule has 5 rings (SSSR count). The summed E-state index contributed by atoms with van der Waals surface area (Å²) in [7, 11) is 0. The molecule has 1 amide bonds. The molecule has 2 aromatic heterocycles. The summed E-state index contributed by atoms with van der Waals surface area (Å²) in [5.41, 5.74) is 2.96. The third kappa shape index (κ3) is 4.93. The van der Waals surface area contributed by atoms with E-state index < -0.39 is 0 Å². The molecule has 1 aromatic carbocycles. The molecule has 1 N–H and O–H groups in total. The number of anilines is 2. The van der Waals surface area contributed by atoms with Gasteiger partial charge in [0.2, 0.25) is 11.9 Å². The summed E-state index contributed by atoms with van der Waals surface area (Å²) in [4.78, 5) is 15.2. The highest BCUT2D eigenvalue weighted by atomic mass is 32.2. The van der Waals surface area contributed by atoms with Crippen molar-refractivity contribution in [2.45, 2.75) is 57.7 Å². The van der Waals surface area contributed by atoms with Crippen molar-refractivity contribution in [3.8, 4) is 5.69 Å². The predicted octanol–water partition coefficient (Wildman–Crippen LogP) is 4.38. The van der Waals surface area contributed by atoms with Crippen molar-refractivity contribution in [1.29, 1.82) is 0 Å². The Morgan fingerprint density at radius 2 is 1.82 bits per heavy atom. The fourth-order valence-electron chi connectivity index (χ4n) is 4.22. The van der Waals surface area contributed by atoms with E-state index in [0.29, 0.717) is 11.9 Å². The van der Waals surface area contributed by atoms with Gasteiger partial charge in [-0.25, -0.2) is 4.68 Å². The zero-order chi connectivity index (χ0) is 22.9. The lowest BCUT2D eigenvalue weighted by atomic mass is 10.00. The Bertz CT molecular complexity index is 1120. The second kappa shape index (κ2) is 9.21. The van der Waals surface area contributed by atoms with Gasteiger partial charge in [-0.05, 0) is 57.6 Å². The van der Waals surface area contributed by atoms with E-state index in [-0.39, 0.29) is 11.7 Å². The molecule has 9 heteroatoms. The molecule has 1 saturated carbocycles. The Morgan fingerprint density at radius 1 is 1.09 bits per heavy atom. The zero-order valence-corrected chi connectivity index (χ0v) is 20.3. The minimum atomic E-state index is -0.0769. The van der Waals surface area contributed by atoms with Crippen LogP contribution in [-0.4, -0.2) is 49.3 Å². The average molecular weight is 466 g/mol. The molecule has 0 atom stereocenters. The van der Waals surface area contributed by atoms with Crippen molar-refractivity contribution in [3.05, 3.63) is 41.6 Å². The zero-order valence-electron chi connectivity index (χ0n) is 19.5. The van der Waals surface area contributed by atoms with Crippen molar-refractivity contribution in [1.82, 2.24) is 24.5 Å². The van der Waals surface area contributed by atoms with Gasteiger partial charge in [0.05, 0.1) is 17.1 Å². The first kappa shape index (κ1) is 22.0. The molecule has 3 aromatic rings. The van der Waals surface area contributed by atoms with Crippen LogP contribution in [-0.2, 0) is 4.79 Å². The molecule has 0 bridgehead atoms. The molecule has 2 fully saturated rings. The van der Waals surface area contributed by atoms with Gasteiger partial charge in [0.15, 0.2) is 5.16 Å². The van der Waals surface area contributed by atoms with Crippen molar-refractivity contribution in [2.24, 2.45) is 5.92 Å². The highest BCUT2D eigenvalue weighted by Gasteiger charge is 2.32. The number of amides is 1. The highest BCUT2D eigenvalue weighted by Crippen LogP contribution is 2.41. The van der Waals surface area contributed by atoms with Gasteiger partial charge in [0.1, 0.15) is 5.82 Å². The number of carbonyl (C=O) groups excluding carboxylic acids is 1. The Morgan fingerprint density at radius 3 is 2.52 bits per heavy atom. The van der Waals surface area contributed by atoms with Crippen LogP contribution in [0.4, 0.5) is 11.8 Å². The number of rotatable bonds is 7. The Balaban J connectivity index is 1.26. The summed E-state index contributed by atoms with van der Waals surface area (Å²) >= 11 is 1.46. The number of nitrogens with one attached hydrogen (secondary N) is 1. The van der Waals surface area contributed by atoms with E-state index in [1.807, 2.05) is 37.3 Å². The summed E-state index contributed by atoms with van der Waals surface area (Å²) in [5, 5.41) is 17.4. The Hall–Kier alpha value is -2.81. The van der Waals surface area contributed by atoms with E-state index in [2.05, 4.69) is 43.9 Å². The quantitative estimate of drug-likeness (QED) is 0.522. The standard InChI is InChI=1S/C24H31N7OS/c1-16-4-6-20(7-5-16)31-21(14-18(3)28-31)25-22(32)15-33-24-27-26-23(30(24)19-8-9-19)29-12-10-17(2)11-13-29/h4-7,14,17,19H,8-13,15H2,1-3H3,(H,25,32). The lowest BCUT2D eigenvalue weighted by molar-refractivity contribution is -0.113. The molecule has 8 nitrogen and oxygen atoms in total. The second-order valence-electron chi connectivity index (χ2n) is 9.31. The van der Waals surface area contributed by atoms with Crippen LogP contribution >= 0.6 is 11.8 Å². The minimum absolute atomic E-state index is 0.0769. The molecule has 174 valence electrons.